The van der Waals surface area contributed by atoms with Crippen LogP contribution in [0.2, 0.25) is 10.0 Å². The van der Waals surface area contributed by atoms with Crippen molar-refractivity contribution in [3.05, 3.63) is 27.7 Å². The van der Waals surface area contributed by atoms with Gasteiger partial charge in [0.25, 0.3) is 0 Å². The van der Waals surface area contributed by atoms with Crippen molar-refractivity contribution >= 4 is 33.2 Å². The van der Waals surface area contributed by atoms with Crippen LogP contribution >= 0.6 is 23.2 Å². The fourth-order valence-corrected chi connectivity index (χ4v) is 4.07. The maximum Gasteiger partial charge on any atom is 0.242 e. The smallest absolute Gasteiger partial charge is 0.242 e. The second-order valence-corrected chi connectivity index (χ2v) is 7.21. The molecule has 0 saturated carbocycles. The molecule has 0 amide bonds. The fraction of sp³-hybridized carbons (Fsp3) is 0.538. The molecule has 0 spiro atoms. The molecule has 1 rings (SSSR count). The Balaban J connectivity index is 3.14. The molecule has 0 bridgehead atoms. The van der Waals surface area contributed by atoms with Crippen LogP contribution in [0, 0.1) is 0 Å². The van der Waals surface area contributed by atoms with Crippen molar-refractivity contribution in [2.75, 3.05) is 7.05 Å². The third-order valence-corrected chi connectivity index (χ3v) is 5.24. The first kappa shape index (κ1) is 17.7. The van der Waals surface area contributed by atoms with E-state index in [-0.39, 0.29) is 16.0 Å². The van der Waals surface area contributed by atoms with Crippen molar-refractivity contribution in [2.24, 2.45) is 0 Å². The summed E-state index contributed by atoms with van der Waals surface area (Å²) in [6.45, 7) is 4.31. The number of halogens is 2. The lowest BCUT2D eigenvalue weighted by atomic mass is 10.2. The topological polar surface area (TPSA) is 58.2 Å². The normalized spacial score (nSPS) is 13.4. The largest absolute Gasteiger partial charge is 0.316 e. The van der Waals surface area contributed by atoms with Crippen LogP contribution in [0.3, 0.4) is 0 Å². The van der Waals surface area contributed by atoms with Gasteiger partial charge in [0.1, 0.15) is 4.90 Å². The SMILES string of the molecule is CCCC(C)NS(=O)(=O)c1cc(CNC)c(Cl)cc1Cl. The number of hydrogen-bond acceptors (Lipinski definition) is 3. The molecule has 0 aliphatic rings. The summed E-state index contributed by atoms with van der Waals surface area (Å²) in [5.41, 5.74) is 0.696. The average Bonchev–Trinajstić information content (AvgIpc) is 2.32. The molecule has 1 unspecified atom stereocenters. The highest BCUT2D eigenvalue weighted by Gasteiger charge is 2.21. The van der Waals surface area contributed by atoms with Gasteiger partial charge in [0, 0.05) is 17.6 Å². The van der Waals surface area contributed by atoms with Crippen molar-refractivity contribution in [1.82, 2.24) is 10.0 Å². The van der Waals surface area contributed by atoms with E-state index in [0.717, 1.165) is 12.8 Å². The maximum absolute atomic E-state index is 12.3. The maximum atomic E-state index is 12.3. The van der Waals surface area contributed by atoms with Crippen molar-refractivity contribution in [1.29, 1.82) is 0 Å². The lowest BCUT2D eigenvalue weighted by molar-refractivity contribution is 0.544. The molecule has 0 aliphatic heterocycles. The molecule has 0 radical (unpaired) electrons. The van der Waals surface area contributed by atoms with E-state index in [1.54, 1.807) is 7.05 Å². The molecule has 7 heteroatoms. The van der Waals surface area contributed by atoms with E-state index in [4.69, 9.17) is 23.2 Å². The Labute approximate surface area is 130 Å². The zero-order valence-electron chi connectivity index (χ0n) is 11.8. The molecule has 4 nitrogen and oxygen atoms in total. The van der Waals surface area contributed by atoms with Gasteiger partial charge in [-0.05, 0) is 38.1 Å². The number of hydrogen-bond donors (Lipinski definition) is 2. The van der Waals surface area contributed by atoms with E-state index in [2.05, 4.69) is 10.0 Å². The fourth-order valence-electron chi connectivity index (χ4n) is 1.92. The predicted molar refractivity (Wildman–Crippen MR) is 83.9 cm³/mol. The Kier molecular flexibility index (Phi) is 6.75. The van der Waals surface area contributed by atoms with Crippen LogP contribution in [0.25, 0.3) is 0 Å². The van der Waals surface area contributed by atoms with Crippen LogP contribution in [0.1, 0.15) is 32.3 Å². The van der Waals surface area contributed by atoms with Crippen LogP contribution in [-0.2, 0) is 16.6 Å². The highest BCUT2D eigenvalue weighted by Crippen LogP contribution is 2.28. The van der Waals surface area contributed by atoms with Crippen LogP contribution < -0.4 is 10.0 Å². The first-order valence-corrected chi connectivity index (χ1v) is 8.70. The second kappa shape index (κ2) is 7.61. The molecule has 1 aromatic rings. The Morgan fingerprint density at radius 1 is 1.25 bits per heavy atom. The lowest BCUT2D eigenvalue weighted by Gasteiger charge is -2.15. The summed E-state index contributed by atoms with van der Waals surface area (Å²) >= 11 is 12.1. The molecular formula is C13H20Cl2N2O2S. The minimum Gasteiger partial charge on any atom is -0.316 e. The third kappa shape index (κ3) is 4.60. The van der Waals surface area contributed by atoms with Crippen molar-refractivity contribution in [3.8, 4) is 0 Å². The minimum absolute atomic E-state index is 0.0665. The summed E-state index contributed by atoms with van der Waals surface area (Å²) < 4.78 is 27.3. The molecule has 0 heterocycles. The number of benzene rings is 1. The van der Waals surface area contributed by atoms with Crippen molar-refractivity contribution < 1.29 is 8.42 Å². The molecule has 114 valence electrons. The summed E-state index contributed by atoms with van der Waals surface area (Å²) in [4.78, 5) is 0.0665. The van der Waals surface area contributed by atoms with E-state index >= 15 is 0 Å². The van der Waals surface area contributed by atoms with Gasteiger partial charge in [0.15, 0.2) is 0 Å². The Hall–Kier alpha value is -0.330. The van der Waals surface area contributed by atoms with Crippen LogP contribution in [0.5, 0.6) is 0 Å². The molecule has 0 aliphatic carbocycles. The van der Waals surface area contributed by atoms with E-state index in [1.807, 2.05) is 13.8 Å². The standard InChI is InChI=1S/C13H20Cl2N2O2S/c1-4-5-9(2)17-20(18,19)13-6-10(8-16-3)11(14)7-12(13)15/h6-7,9,16-17H,4-5,8H2,1-3H3. The van der Waals surface area contributed by atoms with Crippen LogP contribution in [0.15, 0.2) is 17.0 Å². The monoisotopic (exact) mass is 338 g/mol. The third-order valence-electron chi connectivity index (χ3n) is 2.84. The first-order valence-electron chi connectivity index (χ1n) is 6.46. The van der Waals surface area contributed by atoms with Gasteiger partial charge in [-0.15, -0.1) is 0 Å². The molecule has 20 heavy (non-hydrogen) atoms. The average molecular weight is 339 g/mol. The van der Waals surface area contributed by atoms with Crippen molar-refractivity contribution in [2.45, 2.75) is 44.2 Å². The zero-order valence-corrected chi connectivity index (χ0v) is 14.2. The second-order valence-electron chi connectivity index (χ2n) is 4.72. The number of sulfonamides is 1. The molecular weight excluding hydrogens is 319 g/mol. The van der Waals surface area contributed by atoms with Gasteiger partial charge in [0.05, 0.1) is 5.02 Å². The Morgan fingerprint density at radius 2 is 1.90 bits per heavy atom. The lowest BCUT2D eigenvalue weighted by Crippen LogP contribution is -2.32. The summed E-state index contributed by atoms with van der Waals surface area (Å²) in [6, 6.07) is 2.85. The molecule has 1 aromatic carbocycles. The summed E-state index contributed by atoms with van der Waals surface area (Å²) in [5.74, 6) is 0. The predicted octanol–water partition coefficient (Wildman–Crippen LogP) is 3.18. The summed E-state index contributed by atoms with van der Waals surface area (Å²) in [5, 5.41) is 3.52. The minimum atomic E-state index is -3.64. The van der Waals surface area contributed by atoms with Gasteiger partial charge in [-0.1, -0.05) is 36.5 Å². The Bertz CT molecular complexity index is 562. The van der Waals surface area contributed by atoms with Gasteiger partial charge < -0.3 is 5.32 Å². The quantitative estimate of drug-likeness (QED) is 0.802. The first-order chi connectivity index (χ1) is 9.31. The Morgan fingerprint density at radius 3 is 2.45 bits per heavy atom. The summed E-state index contributed by atoms with van der Waals surface area (Å²) in [6.07, 6.45) is 1.68. The highest BCUT2D eigenvalue weighted by atomic mass is 35.5. The number of rotatable bonds is 7. The van der Waals surface area contributed by atoms with Gasteiger partial charge in [-0.2, -0.15) is 0 Å². The highest BCUT2D eigenvalue weighted by molar-refractivity contribution is 7.89. The molecule has 2 N–H and O–H groups in total. The van der Waals surface area contributed by atoms with Gasteiger partial charge in [-0.3, -0.25) is 0 Å². The van der Waals surface area contributed by atoms with E-state index in [1.165, 1.54) is 12.1 Å². The van der Waals surface area contributed by atoms with Gasteiger partial charge >= 0.3 is 0 Å². The number of nitrogens with one attached hydrogen (secondary N) is 2. The zero-order chi connectivity index (χ0) is 15.3. The summed E-state index contributed by atoms with van der Waals surface area (Å²) in [7, 11) is -1.87. The molecule has 0 fully saturated rings. The van der Waals surface area contributed by atoms with E-state index in [9.17, 15) is 8.42 Å². The molecule has 1 atom stereocenters. The molecule has 0 aromatic heterocycles. The van der Waals surface area contributed by atoms with Crippen LogP contribution in [-0.4, -0.2) is 21.5 Å². The van der Waals surface area contributed by atoms with Gasteiger partial charge in [0.2, 0.25) is 10.0 Å². The van der Waals surface area contributed by atoms with Crippen molar-refractivity contribution in [3.63, 3.8) is 0 Å². The van der Waals surface area contributed by atoms with Gasteiger partial charge in [-0.25, -0.2) is 13.1 Å². The van der Waals surface area contributed by atoms with E-state index < -0.39 is 10.0 Å². The molecule has 0 saturated heterocycles. The van der Waals surface area contributed by atoms with E-state index in [0.29, 0.717) is 17.1 Å². The van der Waals surface area contributed by atoms with Crippen LogP contribution in [0.4, 0.5) is 0 Å².